The van der Waals surface area contributed by atoms with Crippen LogP contribution in [0.25, 0.3) is 0 Å². The zero-order valence-electron chi connectivity index (χ0n) is 15.1. The zero-order valence-corrected chi connectivity index (χ0v) is 15.9. The Labute approximate surface area is 160 Å². The topological polar surface area (TPSA) is 104 Å². The van der Waals surface area contributed by atoms with Crippen molar-refractivity contribution in [3.8, 4) is 11.5 Å². The van der Waals surface area contributed by atoms with Crippen LogP contribution in [0.3, 0.4) is 0 Å². The van der Waals surface area contributed by atoms with Crippen molar-refractivity contribution in [2.45, 2.75) is 18.7 Å². The van der Waals surface area contributed by atoms with Crippen molar-refractivity contribution in [3.05, 3.63) is 41.9 Å². The molecule has 3 rings (SSSR count). The Bertz CT molecular complexity index is 906. The third kappa shape index (κ3) is 5.00. The van der Waals surface area contributed by atoms with Crippen molar-refractivity contribution >= 4 is 23.5 Å². The first-order valence-corrected chi connectivity index (χ1v) is 9.05. The Balaban J connectivity index is 1.51. The average Bonchev–Trinajstić information content (AvgIpc) is 3.24. The molecule has 2 heterocycles. The summed E-state index contributed by atoms with van der Waals surface area (Å²) in [6.45, 7) is 2.02. The fourth-order valence-corrected chi connectivity index (χ4v) is 2.88. The molecule has 0 radical (unpaired) electrons. The van der Waals surface area contributed by atoms with Gasteiger partial charge in [0.15, 0.2) is 16.8 Å². The fraction of sp³-hybridized carbons (Fsp3) is 0.294. The molecule has 0 aliphatic carbocycles. The first kappa shape index (κ1) is 18.8. The molecule has 0 saturated heterocycles. The molecule has 0 aliphatic heterocycles. The van der Waals surface area contributed by atoms with Gasteiger partial charge >= 0.3 is 0 Å². The number of carbonyl (C=O) groups is 1. The summed E-state index contributed by atoms with van der Waals surface area (Å²) in [5.41, 5.74) is 0. The predicted molar refractivity (Wildman–Crippen MR) is 98.9 cm³/mol. The number of hydrogen-bond donors (Lipinski definition) is 1. The number of thioether (sulfide) groups is 1. The minimum absolute atomic E-state index is 0.178. The SMILES string of the molecule is COc1ccc(OCc2nnc(SCC(=O)Nc3cc(C)on3)n2C)cc1. The third-order valence-electron chi connectivity index (χ3n) is 3.58. The van der Waals surface area contributed by atoms with Gasteiger partial charge in [-0.25, -0.2) is 0 Å². The molecule has 0 unspecified atom stereocenters. The van der Waals surface area contributed by atoms with E-state index < -0.39 is 0 Å². The van der Waals surface area contributed by atoms with Crippen LogP contribution in [0.15, 0.2) is 40.0 Å². The minimum atomic E-state index is -0.202. The highest BCUT2D eigenvalue weighted by molar-refractivity contribution is 7.99. The number of carbonyl (C=O) groups excluding carboxylic acids is 1. The van der Waals surface area contributed by atoms with Crippen molar-refractivity contribution < 1.29 is 18.8 Å². The standard InChI is InChI=1S/C17H19N5O4S/c1-11-8-14(21-26-11)18-16(23)10-27-17-20-19-15(22(17)2)9-25-13-6-4-12(24-3)5-7-13/h4-8H,9-10H2,1-3H3,(H,18,21,23). The molecule has 0 fully saturated rings. The van der Waals surface area contributed by atoms with Gasteiger partial charge in [-0.05, 0) is 31.2 Å². The maximum absolute atomic E-state index is 12.0. The van der Waals surface area contributed by atoms with Gasteiger partial charge in [-0.2, -0.15) is 0 Å². The molecule has 27 heavy (non-hydrogen) atoms. The van der Waals surface area contributed by atoms with E-state index in [0.29, 0.717) is 28.3 Å². The van der Waals surface area contributed by atoms with Crippen molar-refractivity contribution in [2.24, 2.45) is 7.05 Å². The molecule has 0 aliphatic rings. The van der Waals surface area contributed by atoms with Gasteiger partial charge in [0.2, 0.25) is 5.91 Å². The van der Waals surface area contributed by atoms with Crippen LogP contribution in [0.1, 0.15) is 11.6 Å². The number of ether oxygens (including phenoxy) is 2. The summed E-state index contributed by atoms with van der Waals surface area (Å²) in [6.07, 6.45) is 0. The van der Waals surface area contributed by atoms with Gasteiger partial charge in [0, 0.05) is 13.1 Å². The number of nitrogens with one attached hydrogen (secondary N) is 1. The van der Waals surface area contributed by atoms with Crippen LogP contribution < -0.4 is 14.8 Å². The smallest absolute Gasteiger partial charge is 0.236 e. The maximum atomic E-state index is 12.0. The summed E-state index contributed by atoms with van der Waals surface area (Å²) >= 11 is 1.28. The first-order chi connectivity index (χ1) is 13.0. The lowest BCUT2D eigenvalue weighted by atomic mass is 10.3. The van der Waals surface area contributed by atoms with Gasteiger partial charge in [0.25, 0.3) is 0 Å². The van der Waals surface area contributed by atoms with Crippen LogP contribution in [-0.4, -0.2) is 38.7 Å². The van der Waals surface area contributed by atoms with Gasteiger partial charge < -0.3 is 23.9 Å². The first-order valence-electron chi connectivity index (χ1n) is 8.06. The fourth-order valence-electron chi connectivity index (χ4n) is 2.15. The molecular formula is C17H19N5O4S. The van der Waals surface area contributed by atoms with Crippen molar-refractivity contribution in [1.29, 1.82) is 0 Å². The highest BCUT2D eigenvalue weighted by Gasteiger charge is 2.13. The lowest BCUT2D eigenvalue weighted by Gasteiger charge is -2.07. The molecule has 0 bridgehead atoms. The number of hydrogen-bond acceptors (Lipinski definition) is 8. The molecule has 0 atom stereocenters. The Morgan fingerprint density at radius 1 is 1.26 bits per heavy atom. The number of rotatable bonds is 8. The summed E-state index contributed by atoms with van der Waals surface area (Å²) < 4.78 is 17.5. The second-order valence-electron chi connectivity index (χ2n) is 5.58. The van der Waals surface area contributed by atoms with E-state index in [1.54, 1.807) is 24.7 Å². The average molecular weight is 389 g/mol. The molecule has 0 saturated carbocycles. The van der Waals surface area contributed by atoms with Gasteiger partial charge in [0.1, 0.15) is 23.9 Å². The summed E-state index contributed by atoms with van der Waals surface area (Å²) in [5.74, 6) is 3.12. The van der Waals surface area contributed by atoms with E-state index in [2.05, 4.69) is 20.7 Å². The molecule has 3 aromatic rings. The summed E-state index contributed by atoms with van der Waals surface area (Å²) in [7, 11) is 3.44. The normalized spacial score (nSPS) is 10.6. The van der Waals surface area contributed by atoms with E-state index in [-0.39, 0.29) is 18.3 Å². The van der Waals surface area contributed by atoms with E-state index in [1.165, 1.54) is 11.8 Å². The molecule has 9 nitrogen and oxygen atoms in total. The van der Waals surface area contributed by atoms with Crippen LogP contribution in [0.4, 0.5) is 5.82 Å². The Morgan fingerprint density at radius 3 is 2.67 bits per heavy atom. The highest BCUT2D eigenvalue weighted by atomic mass is 32.2. The number of anilines is 1. The van der Waals surface area contributed by atoms with E-state index in [1.807, 2.05) is 31.3 Å². The number of amides is 1. The van der Waals surface area contributed by atoms with E-state index in [9.17, 15) is 4.79 Å². The minimum Gasteiger partial charge on any atom is -0.497 e. The van der Waals surface area contributed by atoms with Gasteiger partial charge in [-0.3, -0.25) is 4.79 Å². The van der Waals surface area contributed by atoms with Crippen molar-refractivity contribution in [1.82, 2.24) is 19.9 Å². The van der Waals surface area contributed by atoms with Crippen LogP contribution in [0, 0.1) is 6.92 Å². The molecule has 1 amide bonds. The van der Waals surface area contributed by atoms with Crippen LogP contribution in [0.5, 0.6) is 11.5 Å². The number of methoxy groups -OCH3 is 1. The zero-order chi connectivity index (χ0) is 19.2. The predicted octanol–water partition coefficient (Wildman–Crippen LogP) is 2.43. The van der Waals surface area contributed by atoms with Crippen LogP contribution in [0.2, 0.25) is 0 Å². The van der Waals surface area contributed by atoms with Gasteiger partial charge in [0.05, 0.1) is 12.9 Å². The Morgan fingerprint density at radius 2 is 2.00 bits per heavy atom. The molecule has 10 heteroatoms. The van der Waals surface area contributed by atoms with Gasteiger partial charge in [-0.1, -0.05) is 16.9 Å². The quantitative estimate of drug-likeness (QED) is 0.586. The molecular weight excluding hydrogens is 370 g/mol. The second kappa shape index (κ2) is 8.58. The third-order valence-corrected chi connectivity index (χ3v) is 4.60. The lowest BCUT2D eigenvalue weighted by Crippen LogP contribution is -2.14. The monoisotopic (exact) mass is 389 g/mol. The maximum Gasteiger partial charge on any atom is 0.236 e. The van der Waals surface area contributed by atoms with Crippen LogP contribution >= 0.6 is 11.8 Å². The van der Waals surface area contributed by atoms with Crippen molar-refractivity contribution in [3.63, 3.8) is 0 Å². The molecule has 1 aromatic carbocycles. The number of benzene rings is 1. The number of aryl methyl sites for hydroxylation is 1. The molecule has 142 valence electrons. The highest BCUT2D eigenvalue weighted by Crippen LogP contribution is 2.20. The van der Waals surface area contributed by atoms with E-state index >= 15 is 0 Å². The molecule has 1 N–H and O–H groups in total. The summed E-state index contributed by atoms with van der Waals surface area (Å²) in [4.78, 5) is 12.0. The lowest BCUT2D eigenvalue weighted by molar-refractivity contribution is -0.113. The largest absolute Gasteiger partial charge is 0.497 e. The Kier molecular flexibility index (Phi) is 5.97. The number of aromatic nitrogens is 4. The van der Waals surface area contributed by atoms with E-state index in [4.69, 9.17) is 14.0 Å². The summed E-state index contributed by atoms with van der Waals surface area (Å²) in [6, 6.07) is 8.94. The molecule has 0 spiro atoms. The van der Waals surface area contributed by atoms with Crippen molar-refractivity contribution in [2.75, 3.05) is 18.2 Å². The van der Waals surface area contributed by atoms with E-state index in [0.717, 1.165) is 5.75 Å². The summed E-state index contributed by atoms with van der Waals surface area (Å²) in [5, 5.41) is 15.2. The molecule has 2 aromatic heterocycles. The Hall–Kier alpha value is -3.01. The number of nitrogens with zero attached hydrogens (tertiary/aromatic N) is 4. The van der Waals surface area contributed by atoms with Gasteiger partial charge in [-0.15, -0.1) is 10.2 Å². The van der Waals surface area contributed by atoms with Crippen LogP contribution in [-0.2, 0) is 18.4 Å². The second-order valence-corrected chi connectivity index (χ2v) is 6.52.